The van der Waals surface area contributed by atoms with Crippen molar-refractivity contribution in [3.63, 3.8) is 0 Å². The van der Waals surface area contributed by atoms with Crippen molar-refractivity contribution in [3.05, 3.63) is 27.5 Å². The summed E-state index contributed by atoms with van der Waals surface area (Å²) in [5.41, 5.74) is 3.36. The summed E-state index contributed by atoms with van der Waals surface area (Å²) in [5.74, 6) is 0.250. The molecule has 0 fully saturated rings. The van der Waals surface area contributed by atoms with E-state index in [1.54, 1.807) is 6.08 Å². The Hall–Kier alpha value is -0.900. The molecule has 0 saturated carbocycles. The third kappa shape index (κ3) is 2.04. The number of ketones is 1. The van der Waals surface area contributed by atoms with Gasteiger partial charge in [0.1, 0.15) is 0 Å². The van der Waals surface area contributed by atoms with Crippen LogP contribution >= 0.6 is 15.9 Å². The lowest BCUT2D eigenvalue weighted by atomic mass is 10.1. The first-order chi connectivity index (χ1) is 7.08. The van der Waals surface area contributed by atoms with Gasteiger partial charge in [-0.05, 0) is 35.4 Å². The lowest BCUT2D eigenvalue weighted by molar-refractivity contribution is -0.114. The highest BCUT2D eigenvalue weighted by atomic mass is 79.9. The maximum Gasteiger partial charge on any atom is 0.155 e. The Morgan fingerprint density at radius 2 is 2.27 bits per heavy atom. The van der Waals surface area contributed by atoms with Crippen LogP contribution in [0.3, 0.4) is 0 Å². The van der Waals surface area contributed by atoms with Crippen molar-refractivity contribution in [3.8, 4) is 0 Å². The predicted molar refractivity (Wildman–Crippen MR) is 61.7 cm³/mol. The Morgan fingerprint density at radius 1 is 1.53 bits per heavy atom. The van der Waals surface area contributed by atoms with Crippen molar-refractivity contribution in [2.75, 3.05) is 0 Å². The van der Waals surface area contributed by atoms with Gasteiger partial charge in [-0.1, -0.05) is 5.57 Å². The van der Waals surface area contributed by atoms with Gasteiger partial charge < -0.3 is 0 Å². The molecule has 0 aromatic carbocycles. The first-order valence-electron chi connectivity index (χ1n) is 4.98. The van der Waals surface area contributed by atoms with Gasteiger partial charge in [-0.2, -0.15) is 5.10 Å². The molecule has 0 atom stereocenters. The largest absolute Gasteiger partial charge is 0.295 e. The lowest BCUT2D eigenvalue weighted by Gasteiger charge is -2.03. The van der Waals surface area contributed by atoms with Gasteiger partial charge in [-0.15, -0.1) is 0 Å². The number of hydrogen-bond donors (Lipinski definition) is 0. The van der Waals surface area contributed by atoms with E-state index in [1.165, 1.54) is 5.57 Å². The molecule has 0 bridgehead atoms. The molecule has 1 aliphatic rings. The number of aryl methyl sites for hydroxylation is 2. The molecule has 0 amide bonds. The van der Waals surface area contributed by atoms with E-state index in [0.29, 0.717) is 6.42 Å². The van der Waals surface area contributed by atoms with Gasteiger partial charge in [0.2, 0.25) is 0 Å². The number of carbonyl (C=O) groups is 1. The highest BCUT2D eigenvalue weighted by molar-refractivity contribution is 9.10. The van der Waals surface area contributed by atoms with E-state index < -0.39 is 0 Å². The Morgan fingerprint density at radius 3 is 2.73 bits per heavy atom. The number of rotatable bonds is 2. The summed E-state index contributed by atoms with van der Waals surface area (Å²) in [6.07, 6.45) is 4.16. The zero-order valence-corrected chi connectivity index (χ0v) is 10.5. The third-order valence-corrected chi connectivity index (χ3v) is 3.75. The number of hydrogen-bond acceptors (Lipinski definition) is 2. The highest BCUT2D eigenvalue weighted by Crippen LogP contribution is 2.26. The van der Waals surface area contributed by atoms with Gasteiger partial charge in [0.05, 0.1) is 15.9 Å². The van der Waals surface area contributed by atoms with E-state index in [0.717, 1.165) is 28.7 Å². The Kier molecular flexibility index (Phi) is 2.78. The van der Waals surface area contributed by atoms with E-state index in [4.69, 9.17) is 0 Å². The van der Waals surface area contributed by atoms with Gasteiger partial charge in [0, 0.05) is 19.9 Å². The number of carbonyl (C=O) groups excluding carboxylic acids is 1. The smallest absolute Gasteiger partial charge is 0.155 e. The van der Waals surface area contributed by atoms with Crippen LogP contribution in [0.1, 0.15) is 24.2 Å². The van der Waals surface area contributed by atoms with Crippen molar-refractivity contribution in [1.29, 1.82) is 0 Å². The Balaban J connectivity index is 2.24. The quantitative estimate of drug-likeness (QED) is 0.825. The fourth-order valence-electron chi connectivity index (χ4n) is 1.88. The van der Waals surface area contributed by atoms with Crippen LogP contribution in [0.4, 0.5) is 0 Å². The fraction of sp³-hybridized carbons (Fsp3) is 0.455. The van der Waals surface area contributed by atoms with Crippen LogP contribution < -0.4 is 0 Å². The van der Waals surface area contributed by atoms with Crippen molar-refractivity contribution in [2.45, 2.75) is 26.2 Å². The van der Waals surface area contributed by atoms with E-state index in [2.05, 4.69) is 21.0 Å². The molecule has 0 radical (unpaired) electrons. The van der Waals surface area contributed by atoms with Crippen LogP contribution in [0.2, 0.25) is 0 Å². The summed E-state index contributed by atoms with van der Waals surface area (Å²) < 4.78 is 2.94. The van der Waals surface area contributed by atoms with Crippen LogP contribution in [0, 0.1) is 6.92 Å². The zero-order chi connectivity index (χ0) is 11.0. The molecule has 1 heterocycles. The minimum Gasteiger partial charge on any atom is -0.295 e. The molecular formula is C11H13BrN2O. The minimum absolute atomic E-state index is 0.250. The maximum atomic E-state index is 11.1. The molecule has 15 heavy (non-hydrogen) atoms. The lowest BCUT2D eigenvalue weighted by Crippen LogP contribution is -1.99. The standard InChI is InChI=1S/C11H13BrN2O/c1-7-11(12)10(14(2)13-7)6-8-3-4-9(15)5-8/h5H,3-4,6H2,1-2H3. The molecular weight excluding hydrogens is 256 g/mol. The van der Waals surface area contributed by atoms with Gasteiger partial charge >= 0.3 is 0 Å². The summed E-state index contributed by atoms with van der Waals surface area (Å²) in [4.78, 5) is 11.1. The molecule has 1 aliphatic carbocycles. The number of allylic oxidation sites excluding steroid dienone is 2. The van der Waals surface area contributed by atoms with E-state index in [9.17, 15) is 4.79 Å². The molecule has 0 aliphatic heterocycles. The van der Waals surface area contributed by atoms with Crippen molar-refractivity contribution in [1.82, 2.24) is 9.78 Å². The molecule has 80 valence electrons. The van der Waals surface area contributed by atoms with Gasteiger partial charge in [-0.25, -0.2) is 0 Å². The first kappa shape index (κ1) is 10.6. The fourth-order valence-corrected chi connectivity index (χ4v) is 2.36. The third-order valence-electron chi connectivity index (χ3n) is 2.71. The summed E-state index contributed by atoms with van der Waals surface area (Å²) in [6, 6.07) is 0. The average molecular weight is 269 g/mol. The van der Waals surface area contributed by atoms with E-state index in [-0.39, 0.29) is 5.78 Å². The maximum absolute atomic E-state index is 11.1. The molecule has 0 N–H and O–H groups in total. The van der Waals surface area contributed by atoms with Crippen LogP contribution in [-0.4, -0.2) is 15.6 Å². The van der Waals surface area contributed by atoms with E-state index >= 15 is 0 Å². The molecule has 3 nitrogen and oxygen atoms in total. The van der Waals surface area contributed by atoms with Crippen molar-refractivity contribution >= 4 is 21.7 Å². The Bertz CT molecular complexity index is 446. The second-order valence-electron chi connectivity index (χ2n) is 3.92. The number of halogens is 1. The highest BCUT2D eigenvalue weighted by Gasteiger charge is 2.16. The molecule has 0 unspecified atom stereocenters. The molecule has 4 heteroatoms. The second-order valence-corrected chi connectivity index (χ2v) is 4.71. The van der Waals surface area contributed by atoms with E-state index in [1.807, 2.05) is 18.7 Å². The predicted octanol–water partition coefficient (Wildman–Crippen LogP) is 2.32. The SMILES string of the molecule is Cc1nn(C)c(CC2=CC(=O)CC2)c1Br. The van der Waals surface area contributed by atoms with Crippen LogP contribution in [0.15, 0.2) is 16.1 Å². The molecule has 0 spiro atoms. The molecule has 1 aromatic heterocycles. The van der Waals surface area contributed by atoms with Crippen LogP contribution in [-0.2, 0) is 18.3 Å². The Labute approximate surface area is 97.3 Å². The number of aromatic nitrogens is 2. The van der Waals surface area contributed by atoms with Gasteiger partial charge in [-0.3, -0.25) is 9.48 Å². The summed E-state index contributed by atoms with van der Waals surface area (Å²) in [6.45, 7) is 1.97. The van der Waals surface area contributed by atoms with Crippen LogP contribution in [0.5, 0.6) is 0 Å². The zero-order valence-electron chi connectivity index (χ0n) is 8.88. The molecule has 1 aromatic rings. The summed E-state index contributed by atoms with van der Waals surface area (Å²) in [7, 11) is 1.93. The van der Waals surface area contributed by atoms with Crippen LogP contribution in [0.25, 0.3) is 0 Å². The van der Waals surface area contributed by atoms with Gasteiger partial charge in [0.25, 0.3) is 0 Å². The van der Waals surface area contributed by atoms with Crippen molar-refractivity contribution < 1.29 is 4.79 Å². The molecule has 2 rings (SSSR count). The summed E-state index contributed by atoms with van der Waals surface area (Å²) in [5, 5.41) is 4.33. The normalized spacial score (nSPS) is 15.9. The topological polar surface area (TPSA) is 34.9 Å². The van der Waals surface area contributed by atoms with Crippen molar-refractivity contribution in [2.24, 2.45) is 7.05 Å². The number of nitrogens with zero attached hydrogens (tertiary/aromatic N) is 2. The second kappa shape index (κ2) is 3.93. The molecule has 0 saturated heterocycles. The summed E-state index contributed by atoms with van der Waals surface area (Å²) >= 11 is 3.53. The average Bonchev–Trinajstić information content (AvgIpc) is 2.67. The minimum atomic E-state index is 0.250. The first-order valence-corrected chi connectivity index (χ1v) is 5.77. The monoisotopic (exact) mass is 268 g/mol. The van der Waals surface area contributed by atoms with Gasteiger partial charge in [0.15, 0.2) is 5.78 Å².